The zero-order chi connectivity index (χ0) is 9.23. The van der Waals surface area contributed by atoms with Crippen LogP contribution < -0.4 is 0 Å². The lowest BCUT2D eigenvalue weighted by Crippen LogP contribution is -1.91. The van der Waals surface area contributed by atoms with Gasteiger partial charge in [0.25, 0.3) is 0 Å². The van der Waals surface area contributed by atoms with Gasteiger partial charge in [-0.05, 0) is 12.8 Å². The highest BCUT2D eigenvalue weighted by molar-refractivity contribution is 6.21. The van der Waals surface area contributed by atoms with Crippen LogP contribution >= 0.6 is 11.6 Å². The fourth-order valence-electron chi connectivity index (χ4n) is 1.06. The second-order valence-electron chi connectivity index (χ2n) is 3.23. The van der Waals surface area contributed by atoms with Crippen LogP contribution in [0.15, 0.2) is 12.2 Å². The summed E-state index contributed by atoms with van der Waals surface area (Å²) < 4.78 is 0. The second kappa shape index (κ2) is 9.12. The molecule has 0 aromatic heterocycles. The summed E-state index contributed by atoms with van der Waals surface area (Å²) in [6, 6.07) is 0. The van der Waals surface area contributed by atoms with Crippen LogP contribution in [-0.4, -0.2) is 5.38 Å². The van der Waals surface area contributed by atoms with Gasteiger partial charge in [0.15, 0.2) is 0 Å². The van der Waals surface area contributed by atoms with E-state index in [1.165, 1.54) is 32.1 Å². The van der Waals surface area contributed by atoms with Crippen LogP contribution in [0.1, 0.15) is 52.4 Å². The fraction of sp³-hybridized carbons (Fsp3) is 0.818. The summed E-state index contributed by atoms with van der Waals surface area (Å²) in [7, 11) is 0. The molecule has 0 aromatic rings. The second-order valence-corrected chi connectivity index (χ2v) is 3.79. The van der Waals surface area contributed by atoms with E-state index in [2.05, 4.69) is 26.0 Å². The molecule has 1 unspecified atom stereocenters. The number of unbranched alkanes of at least 4 members (excludes halogenated alkanes) is 3. The Bertz CT molecular complexity index is 108. The molecule has 0 radical (unpaired) electrons. The summed E-state index contributed by atoms with van der Waals surface area (Å²) in [6.45, 7) is 4.41. The average Bonchev–Trinajstić information content (AvgIpc) is 2.09. The molecular weight excluding hydrogens is 168 g/mol. The van der Waals surface area contributed by atoms with Crippen molar-refractivity contribution in [1.29, 1.82) is 0 Å². The first-order valence-corrected chi connectivity index (χ1v) is 5.55. The fourth-order valence-corrected chi connectivity index (χ4v) is 1.32. The van der Waals surface area contributed by atoms with Crippen molar-refractivity contribution in [3.8, 4) is 0 Å². The third-order valence-electron chi connectivity index (χ3n) is 1.90. The molecule has 1 atom stereocenters. The smallest absolute Gasteiger partial charge is 0.0516 e. The van der Waals surface area contributed by atoms with E-state index in [1.807, 2.05) is 0 Å². The van der Waals surface area contributed by atoms with Crippen molar-refractivity contribution >= 4 is 11.6 Å². The van der Waals surface area contributed by atoms with E-state index in [1.54, 1.807) is 0 Å². The van der Waals surface area contributed by atoms with E-state index in [0.29, 0.717) is 0 Å². The Labute approximate surface area is 82.0 Å². The molecule has 0 spiro atoms. The summed E-state index contributed by atoms with van der Waals surface area (Å²) in [5.41, 5.74) is 0. The van der Waals surface area contributed by atoms with Crippen LogP contribution in [0.4, 0.5) is 0 Å². The van der Waals surface area contributed by atoms with Crippen LogP contribution in [0, 0.1) is 0 Å². The van der Waals surface area contributed by atoms with Crippen molar-refractivity contribution in [2.24, 2.45) is 0 Å². The molecule has 0 fully saturated rings. The average molecular weight is 189 g/mol. The summed E-state index contributed by atoms with van der Waals surface area (Å²) in [5, 5.41) is 0.266. The Morgan fingerprint density at radius 2 is 1.83 bits per heavy atom. The number of hydrogen-bond acceptors (Lipinski definition) is 0. The van der Waals surface area contributed by atoms with Gasteiger partial charge in [0.2, 0.25) is 0 Å². The lowest BCUT2D eigenvalue weighted by Gasteiger charge is -2.01. The van der Waals surface area contributed by atoms with E-state index in [9.17, 15) is 0 Å². The van der Waals surface area contributed by atoms with E-state index >= 15 is 0 Å². The van der Waals surface area contributed by atoms with Crippen LogP contribution in [0.25, 0.3) is 0 Å². The molecule has 0 saturated carbocycles. The van der Waals surface area contributed by atoms with E-state index in [0.717, 1.165) is 6.42 Å². The molecule has 72 valence electrons. The number of halogens is 1. The minimum atomic E-state index is 0.266. The van der Waals surface area contributed by atoms with Crippen molar-refractivity contribution < 1.29 is 0 Å². The summed E-state index contributed by atoms with van der Waals surface area (Å²) in [5.74, 6) is 0. The molecule has 0 rings (SSSR count). The van der Waals surface area contributed by atoms with Gasteiger partial charge in [0, 0.05) is 0 Å². The monoisotopic (exact) mass is 188 g/mol. The standard InChI is InChI=1S/C11H21Cl/c1-3-5-7-8-10-11(12)9-6-4-2/h8,10-11H,3-7,9H2,1-2H3/b10-8+. The summed E-state index contributed by atoms with van der Waals surface area (Å²) >= 11 is 6.05. The lowest BCUT2D eigenvalue weighted by atomic mass is 10.1. The van der Waals surface area contributed by atoms with E-state index < -0.39 is 0 Å². The largest absolute Gasteiger partial charge is 0.118 e. The SMILES string of the molecule is CCCC/C=C/C(Cl)CCCC. The maximum atomic E-state index is 6.05. The Morgan fingerprint density at radius 3 is 2.42 bits per heavy atom. The zero-order valence-corrected chi connectivity index (χ0v) is 9.11. The van der Waals surface area contributed by atoms with Gasteiger partial charge >= 0.3 is 0 Å². The molecule has 0 heterocycles. The highest BCUT2D eigenvalue weighted by Gasteiger charge is 1.96. The van der Waals surface area contributed by atoms with Gasteiger partial charge in [-0.2, -0.15) is 0 Å². The Morgan fingerprint density at radius 1 is 1.17 bits per heavy atom. The molecule has 0 nitrogen and oxygen atoms in total. The van der Waals surface area contributed by atoms with Gasteiger partial charge < -0.3 is 0 Å². The molecule has 0 bridgehead atoms. The van der Waals surface area contributed by atoms with Gasteiger partial charge in [-0.3, -0.25) is 0 Å². The predicted octanol–water partition coefficient (Wildman–Crippen LogP) is 4.53. The van der Waals surface area contributed by atoms with Gasteiger partial charge in [-0.1, -0.05) is 51.7 Å². The summed E-state index contributed by atoms with van der Waals surface area (Å²) in [6.07, 6.45) is 11.7. The number of allylic oxidation sites excluding steroid dienone is 2. The molecule has 0 aliphatic heterocycles. The summed E-state index contributed by atoms with van der Waals surface area (Å²) in [4.78, 5) is 0. The predicted molar refractivity (Wildman–Crippen MR) is 57.8 cm³/mol. The van der Waals surface area contributed by atoms with E-state index in [4.69, 9.17) is 11.6 Å². The number of alkyl halides is 1. The Hall–Kier alpha value is 0.0300. The maximum Gasteiger partial charge on any atom is 0.0516 e. The van der Waals surface area contributed by atoms with Crippen LogP contribution in [0.2, 0.25) is 0 Å². The molecule has 1 heteroatoms. The topological polar surface area (TPSA) is 0 Å². The first-order chi connectivity index (χ1) is 5.81. The number of hydrogen-bond donors (Lipinski definition) is 0. The first-order valence-electron chi connectivity index (χ1n) is 5.12. The van der Waals surface area contributed by atoms with Gasteiger partial charge in [0.1, 0.15) is 0 Å². The molecule has 0 amide bonds. The van der Waals surface area contributed by atoms with Gasteiger partial charge in [0.05, 0.1) is 5.38 Å². The normalized spacial score (nSPS) is 13.9. The lowest BCUT2D eigenvalue weighted by molar-refractivity contribution is 0.730. The molecule has 0 N–H and O–H groups in total. The highest BCUT2D eigenvalue weighted by atomic mass is 35.5. The molecular formula is C11H21Cl. The molecule has 12 heavy (non-hydrogen) atoms. The van der Waals surface area contributed by atoms with Crippen molar-refractivity contribution in [1.82, 2.24) is 0 Å². The first kappa shape index (κ1) is 12.0. The number of rotatable bonds is 7. The van der Waals surface area contributed by atoms with Crippen molar-refractivity contribution in [2.45, 2.75) is 57.7 Å². The minimum Gasteiger partial charge on any atom is -0.118 e. The third kappa shape index (κ3) is 8.13. The Kier molecular flexibility index (Phi) is 9.14. The third-order valence-corrected chi connectivity index (χ3v) is 2.27. The quantitative estimate of drug-likeness (QED) is 0.313. The minimum absolute atomic E-state index is 0.266. The van der Waals surface area contributed by atoms with E-state index in [-0.39, 0.29) is 5.38 Å². The molecule has 0 aromatic carbocycles. The Balaban J connectivity index is 3.27. The molecule has 0 aliphatic carbocycles. The van der Waals surface area contributed by atoms with Crippen LogP contribution in [0.3, 0.4) is 0 Å². The highest BCUT2D eigenvalue weighted by Crippen LogP contribution is 2.09. The molecule has 0 aliphatic rings. The van der Waals surface area contributed by atoms with Crippen molar-refractivity contribution in [3.63, 3.8) is 0 Å². The molecule has 0 saturated heterocycles. The maximum absolute atomic E-state index is 6.05. The zero-order valence-electron chi connectivity index (χ0n) is 8.35. The van der Waals surface area contributed by atoms with Crippen molar-refractivity contribution in [2.75, 3.05) is 0 Å². The van der Waals surface area contributed by atoms with Gasteiger partial charge in [-0.25, -0.2) is 0 Å². The van der Waals surface area contributed by atoms with Crippen molar-refractivity contribution in [3.05, 3.63) is 12.2 Å². The van der Waals surface area contributed by atoms with Crippen LogP contribution in [-0.2, 0) is 0 Å². The van der Waals surface area contributed by atoms with Crippen LogP contribution in [0.5, 0.6) is 0 Å². The van der Waals surface area contributed by atoms with Gasteiger partial charge in [-0.15, -0.1) is 11.6 Å².